The van der Waals surface area contributed by atoms with Crippen LogP contribution < -0.4 is 0 Å². The predicted octanol–water partition coefficient (Wildman–Crippen LogP) is 15.8. The fourth-order valence-corrected chi connectivity index (χ4v) is 7.41. The quantitative estimate of drug-likeness (QED) is 0.174. The van der Waals surface area contributed by atoms with E-state index in [0.717, 1.165) is 0 Å². The van der Waals surface area contributed by atoms with Crippen molar-refractivity contribution in [1.29, 1.82) is 0 Å². The smallest absolute Gasteiger partial charge is 0.149 e. The number of hydrogen-bond donors (Lipinski definition) is 1. The first-order valence-corrected chi connectivity index (χ1v) is 19.6. The van der Waals surface area contributed by atoms with Gasteiger partial charge in [0.15, 0.2) is 0 Å². The lowest BCUT2D eigenvalue weighted by Gasteiger charge is -2.27. The highest BCUT2D eigenvalue weighted by Crippen LogP contribution is 2.45. The Kier molecular flexibility index (Phi) is 5.09. The monoisotopic (exact) mass is 845 g/mol. The van der Waals surface area contributed by atoms with Gasteiger partial charge in [0, 0.05) is 58.7 Å². The van der Waals surface area contributed by atoms with E-state index in [9.17, 15) is 7.85 Å². The van der Waals surface area contributed by atoms with E-state index in [1.54, 1.807) is 74.5 Å². The summed E-state index contributed by atoms with van der Waals surface area (Å²) in [4.78, 5) is 9.34. The van der Waals surface area contributed by atoms with Crippen molar-refractivity contribution >= 4 is 11.0 Å². The normalized spacial score (nSPS) is 20.8. The molecular formula is C58H61N3O. The van der Waals surface area contributed by atoms with Crippen molar-refractivity contribution in [1.82, 2.24) is 14.5 Å². The minimum atomic E-state index is -4.27. The number of pyridine rings is 1. The molecule has 0 fully saturated rings. The Morgan fingerprint density at radius 3 is 2.06 bits per heavy atom. The van der Waals surface area contributed by atoms with Crippen LogP contribution in [0.1, 0.15) is 149 Å². The second kappa shape index (κ2) is 15.9. The minimum absolute atomic E-state index is 0.0302. The van der Waals surface area contributed by atoms with E-state index < -0.39 is 157 Å². The third-order valence-corrected chi connectivity index (χ3v) is 10.6. The first kappa shape index (κ1) is 19.8. The summed E-state index contributed by atoms with van der Waals surface area (Å²) in [5.74, 6) is -3.60. The molecule has 2 heterocycles. The standard InChI is InChI=1S/C58H61N3O/c1-36(2)48-35-45(25-26-46(48)39-17-14-13-15-18-39)61-52-20-16-19-47(53(52)60-55(61)49-33-44(57(7,8)9)34-50(54(49)62)58(10,11)12)41-29-42(31-43(30-41)56(4,5)6)51-32-40(27-28-59-51)38-23-21-37(3)22-24-38/h13-36,62H,1-12H3/i3D3,7D3,8D3,9D3,10D3,11D3,12D3,21D,22D,23D,24D,27D,28D,32D,36D. The molecular weight excluding hydrogens is 755 g/mol. The lowest BCUT2D eigenvalue weighted by Crippen LogP contribution is -2.17. The van der Waals surface area contributed by atoms with Crippen LogP contribution in [0.3, 0.4) is 0 Å². The molecule has 0 unspecified atom stereocenters. The number of para-hydroxylation sites is 1. The van der Waals surface area contributed by atoms with Gasteiger partial charge in [-0.1, -0.05) is 166 Å². The number of rotatable bonds is 7. The molecule has 62 heavy (non-hydrogen) atoms. The van der Waals surface area contributed by atoms with Crippen LogP contribution in [0, 0.1) is 6.85 Å². The van der Waals surface area contributed by atoms with E-state index in [0.29, 0.717) is 28.3 Å². The maximum absolute atomic E-state index is 13.0. The average molecular weight is 845 g/mol. The lowest BCUT2D eigenvalue weighted by atomic mass is 9.79. The maximum Gasteiger partial charge on any atom is 0.149 e. The fourth-order valence-electron chi connectivity index (χ4n) is 7.41. The molecule has 0 saturated heterocycles. The van der Waals surface area contributed by atoms with E-state index in [1.165, 1.54) is 28.8 Å². The van der Waals surface area contributed by atoms with Gasteiger partial charge in [-0.05, 0) is 122 Å². The molecule has 0 radical (unpaired) electrons. The molecule has 0 spiro atoms. The van der Waals surface area contributed by atoms with E-state index in [4.69, 9.17) is 42.0 Å². The van der Waals surface area contributed by atoms with Gasteiger partial charge in [0.25, 0.3) is 0 Å². The van der Waals surface area contributed by atoms with Crippen molar-refractivity contribution in [2.45, 2.75) is 105 Å². The summed E-state index contributed by atoms with van der Waals surface area (Å²) in [6, 6.07) is 18.4. The average Bonchev–Trinajstić information content (AvgIpc) is 1.09. The van der Waals surface area contributed by atoms with Gasteiger partial charge in [0.05, 0.1) is 31.9 Å². The Hall–Kier alpha value is -6.26. The Bertz CT molecular complexity index is 4090. The Morgan fingerprint density at radius 1 is 0.645 bits per heavy atom. The van der Waals surface area contributed by atoms with Crippen LogP contribution in [0.4, 0.5) is 0 Å². The number of phenolic OH excluding ortho intramolecular Hbond substituents is 1. The molecule has 0 amide bonds. The van der Waals surface area contributed by atoms with Crippen molar-refractivity contribution in [2.24, 2.45) is 0 Å². The number of nitrogens with zero attached hydrogens (tertiary/aromatic N) is 3. The molecule has 0 atom stereocenters. The van der Waals surface area contributed by atoms with Crippen LogP contribution in [0.15, 0.2) is 139 Å². The van der Waals surface area contributed by atoms with Crippen LogP contribution >= 0.6 is 0 Å². The molecule has 1 N–H and O–H groups in total. The Labute approximate surface area is 410 Å². The highest BCUT2D eigenvalue weighted by atomic mass is 16.3. The van der Waals surface area contributed by atoms with Crippen LogP contribution in [-0.2, 0) is 16.2 Å². The number of aromatic hydroxyl groups is 1. The van der Waals surface area contributed by atoms with Crippen molar-refractivity contribution in [2.75, 3.05) is 0 Å². The molecule has 6 aromatic carbocycles. The van der Waals surface area contributed by atoms with Crippen LogP contribution in [-0.4, -0.2) is 19.6 Å². The van der Waals surface area contributed by atoms with Crippen molar-refractivity contribution < 1.29 is 44.9 Å². The van der Waals surface area contributed by atoms with Gasteiger partial charge < -0.3 is 5.11 Å². The van der Waals surface area contributed by atoms with Gasteiger partial charge in [-0.2, -0.15) is 0 Å². The van der Waals surface area contributed by atoms with Gasteiger partial charge in [-0.15, -0.1) is 0 Å². The topological polar surface area (TPSA) is 50.9 Å². The van der Waals surface area contributed by atoms with E-state index in [2.05, 4.69) is 4.98 Å². The first-order valence-electron chi connectivity index (χ1n) is 34.1. The van der Waals surface area contributed by atoms with Gasteiger partial charge in [0.2, 0.25) is 0 Å². The molecule has 0 aliphatic heterocycles. The van der Waals surface area contributed by atoms with Gasteiger partial charge in [0.1, 0.15) is 11.6 Å². The summed E-state index contributed by atoms with van der Waals surface area (Å²) in [6.07, 6.45) is -0.792. The molecule has 0 bridgehead atoms. The third kappa shape index (κ3) is 8.23. The molecule has 314 valence electrons. The van der Waals surface area contributed by atoms with Gasteiger partial charge in [-0.3, -0.25) is 9.55 Å². The summed E-state index contributed by atoms with van der Waals surface area (Å²) in [5, 5.41) is 13.0. The molecule has 0 aliphatic carbocycles. The van der Waals surface area contributed by atoms with Crippen molar-refractivity contribution in [3.05, 3.63) is 167 Å². The van der Waals surface area contributed by atoms with Crippen molar-refractivity contribution in [3.8, 4) is 67.5 Å². The SMILES string of the molecule is [2H]c1nc(-c2cc(-c3cccc4c3nc(-c3cc(C(C([2H])([2H])[2H])(C([2H])([2H])[2H])C([2H])([2H])[2H])cc(C(C([2H])([2H])[2H])(C([2H])([2H])[2H])C([2H])([2H])[2H])c3O)n4-c3ccc(-c4ccccc4)c(C([2H])(C)C)c3)cc(C(C)(C)C)c2)c([2H])c(-c2c([2H])c([2H])c(C([2H])([2H])[2H])c([2H])c2[2H])c1[2H]. The summed E-state index contributed by atoms with van der Waals surface area (Å²) < 4.78 is 255. The fraction of sp³-hybridized carbons (Fsp3) is 0.276. The van der Waals surface area contributed by atoms with Gasteiger partial charge in [-0.25, -0.2) is 4.98 Å². The van der Waals surface area contributed by atoms with Crippen molar-refractivity contribution in [3.63, 3.8) is 0 Å². The summed E-state index contributed by atoms with van der Waals surface area (Å²) in [6.45, 7) is -19.7. The second-order valence-corrected chi connectivity index (χ2v) is 16.5. The van der Waals surface area contributed by atoms with E-state index >= 15 is 0 Å². The van der Waals surface area contributed by atoms with Gasteiger partial charge >= 0.3 is 0 Å². The first-order chi connectivity index (χ1) is 41.2. The molecule has 8 rings (SSSR count). The predicted molar refractivity (Wildman–Crippen MR) is 263 cm³/mol. The zero-order valence-electron chi connectivity index (χ0n) is 63.5. The number of hydrogen-bond acceptors (Lipinski definition) is 3. The summed E-state index contributed by atoms with van der Waals surface area (Å²) in [7, 11) is 0. The molecule has 0 aliphatic rings. The van der Waals surface area contributed by atoms with E-state index in [1.807, 2.05) is 20.8 Å². The minimum Gasteiger partial charge on any atom is -0.507 e. The maximum atomic E-state index is 13.0. The molecule has 0 saturated carbocycles. The number of imidazole rings is 1. The number of fused-ring (bicyclic) bond motifs is 1. The van der Waals surface area contributed by atoms with Crippen LogP contribution in [0.2, 0.25) is 0 Å². The highest BCUT2D eigenvalue weighted by Gasteiger charge is 2.29. The number of benzene rings is 6. The molecule has 4 heteroatoms. The van der Waals surface area contributed by atoms with Crippen LogP contribution in [0.5, 0.6) is 5.75 Å². The van der Waals surface area contributed by atoms with Crippen LogP contribution in [0.25, 0.3) is 72.7 Å². The molecule has 8 aromatic rings. The Morgan fingerprint density at radius 2 is 1.37 bits per heavy atom. The molecule has 2 aromatic heterocycles. The second-order valence-electron chi connectivity index (χ2n) is 16.5. The highest BCUT2D eigenvalue weighted by molar-refractivity contribution is 5.97. The lowest BCUT2D eigenvalue weighted by molar-refractivity contribution is 0.446. The largest absolute Gasteiger partial charge is 0.507 e. The zero-order valence-corrected chi connectivity index (χ0v) is 34.5. The molecule has 4 nitrogen and oxygen atoms in total. The number of aromatic nitrogens is 3. The summed E-state index contributed by atoms with van der Waals surface area (Å²) in [5.41, 5.74) is -13.2. The number of phenols is 1. The zero-order chi connectivity index (χ0) is 68.8. The Balaban J connectivity index is 1.61. The third-order valence-electron chi connectivity index (χ3n) is 10.6. The summed E-state index contributed by atoms with van der Waals surface area (Å²) >= 11 is 0. The van der Waals surface area contributed by atoms with E-state index in [-0.39, 0.29) is 45.2 Å².